The number of benzene rings is 1. The predicted octanol–water partition coefficient (Wildman–Crippen LogP) is 3.41. The van der Waals surface area contributed by atoms with Gasteiger partial charge in [-0.05, 0) is 6.07 Å². The van der Waals surface area contributed by atoms with Gasteiger partial charge < -0.3 is 14.3 Å². The lowest BCUT2D eigenvalue weighted by Crippen LogP contribution is -2.01. The van der Waals surface area contributed by atoms with Crippen molar-refractivity contribution in [3.63, 3.8) is 0 Å². The van der Waals surface area contributed by atoms with Gasteiger partial charge in [-0.3, -0.25) is 9.59 Å². The van der Waals surface area contributed by atoms with E-state index in [-0.39, 0.29) is 18.6 Å². The molecule has 2 heterocycles. The van der Waals surface area contributed by atoms with E-state index in [1.54, 1.807) is 26.2 Å². The minimum Gasteiger partial charge on any atom is -0.493 e. The highest BCUT2D eigenvalue weighted by atomic mass is 32.1. The molecule has 0 fully saturated rings. The maximum Gasteiger partial charge on any atom is 0.303 e. The molecule has 0 bridgehead atoms. The first-order valence-corrected chi connectivity index (χ1v) is 7.44. The molecule has 0 aliphatic carbocycles. The van der Waals surface area contributed by atoms with Gasteiger partial charge in [-0.1, -0.05) is 0 Å². The summed E-state index contributed by atoms with van der Waals surface area (Å²) in [5, 5.41) is 9.49. The summed E-state index contributed by atoms with van der Waals surface area (Å²) in [6.07, 6.45) is -0.185. The number of carbonyl (C=O) groups excluding carboxylic acids is 1. The Morgan fingerprint density at radius 2 is 2.14 bits per heavy atom. The number of ether oxygens (including phenoxy) is 1. The molecule has 0 spiro atoms. The summed E-state index contributed by atoms with van der Waals surface area (Å²) in [6.45, 7) is 1.75. The third-order valence-electron chi connectivity index (χ3n) is 3.30. The quantitative estimate of drug-likeness (QED) is 0.725. The van der Waals surface area contributed by atoms with Crippen LogP contribution in [0, 0.1) is 6.92 Å². The zero-order valence-corrected chi connectivity index (χ0v) is 12.8. The van der Waals surface area contributed by atoms with Crippen molar-refractivity contribution in [3.05, 3.63) is 22.9 Å². The molecule has 0 saturated carbocycles. The molecule has 7 heteroatoms. The minimum atomic E-state index is -0.981. The second kappa shape index (κ2) is 5.42. The molecular formula is C15H13NO5S. The zero-order valence-electron chi connectivity index (χ0n) is 12.0. The monoisotopic (exact) mass is 319 g/mol. The van der Waals surface area contributed by atoms with E-state index >= 15 is 0 Å². The molecule has 0 amide bonds. The number of methoxy groups -OCH3 is 1. The highest BCUT2D eigenvalue weighted by Crippen LogP contribution is 2.38. The summed E-state index contributed by atoms with van der Waals surface area (Å²) in [5.74, 6) is -0.0816. The van der Waals surface area contributed by atoms with Crippen molar-refractivity contribution in [2.75, 3.05) is 7.11 Å². The van der Waals surface area contributed by atoms with Gasteiger partial charge in [-0.25, -0.2) is 4.98 Å². The van der Waals surface area contributed by atoms with Crippen molar-refractivity contribution in [3.8, 4) is 5.75 Å². The van der Waals surface area contributed by atoms with Crippen LogP contribution in [0.3, 0.4) is 0 Å². The third-order valence-corrected chi connectivity index (χ3v) is 4.42. The molecule has 0 aliphatic heterocycles. The van der Waals surface area contributed by atoms with E-state index in [1.165, 1.54) is 11.3 Å². The van der Waals surface area contributed by atoms with Crippen molar-refractivity contribution in [2.45, 2.75) is 19.8 Å². The molecule has 0 radical (unpaired) electrons. The van der Waals surface area contributed by atoms with Gasteiger partial charge in [0, 0.05) is 29.5 Å². The van der Waals surface area contributed by atoms with Crippen LogP contribution in [0.25, 0.3) is 21.2 Å². The fourth-order valence-corrected chi connectivity index (χ4v) is 3.35. The zero-order chi connectivity index (χ0) is 15.9. The Labute approximate surface area is 129 Å². The average molecular weight is 319 g/mol. The summed E-state index contributed by atoms with van der Waals surface area (Å²) >= 11 is 1.31. The molecule has 6 nitrogen and oxygen atoms in total. The Balaban J connectivity index is 2.11. The van der Waals surface area contributed by atoms with Gasteiger partial charge in [0.15, 0.2) is 23.0 Å². The number of carboxylic acids is 1. The Bertz CT molecular complexity index is 892. The summed E-state index contributed by atoms with van der Waals surface area (Å²) in [6, 6.07) is 3.55. The summed E-state index contributed by atoms with van der Waals surface area (Å²) < 4.78 is 11.7. The van der Waals surface area contributed by atoms with Gasteiger partial charge in [0.25, 0.3) is 0 Å². The topological polar surface area (TPSA) is 89.6 Å². The number of aromatic nitrogens is 1. The van der Waals surface area contributed by atoms with E-state index in [9.17, 15) is 9.59 Å². The van der Waals surface area contributed by atoms with Crippen LogP contribution in [-0.4, -0.2) is 29.0 Å². The molecule has 0 aliphatic rings. The van der Waals surface area contributed by atoms with Gasteiger partial charge in [0.05, 0.1) is 18.4 Å². The minimum absolute atomic E-state index is 0.0136. The number of fused-ring (bicyclic) bond motifs is 3. The molecule has 114 valence electrons. The van der Waals surface area contributed by atoms with E-state index in [0.717, 1.165) is 10.1 Å². The number of hydrogen-bond acceptors (Lipinski definition) is 6. The van der Waals surface area contributed by atoms with E-state index in [1.807, 2.05) is 0 Å². The van der Waals surface area contributed by atoms with Gasteiger partial charge in [0.1, 0.15) is 5.52 Å². The number of oxazole rings is 1. The van der Waals surface area contributed by atoms with E-state index < -0.39 is 5.97 Å². The number of rotatable bonds is 5. The van der Waals surface area contributed by atoms with Crippen LogP contribution in [0.1, 0.15) is 28.4 Å². The Kier molecular flexibility index (Phi) is 3.58. The van der Waals surface area contributed by atoms with Crippen LogP contribution in [0.15, 0.2) is 16.5 Å². The number of aryl methyl sites for hydroxylation is 1. The van der Waals surface area contributed by atoms with Crippen molar-refractivity contribution in [1.29, 1.82) is 0 Å². The van der Waals surface area contributed by atoms with Crippen molar-refractivity contribution >= 4 is 44.3 Å². The second-order valence-electron chi connectivity index (χ2n) is 4.83. The van der Waals surface area contributed by atoms with Gasteiger partial charge in [-0.2, -0.15) is 0 Å². The normalized spacial score (nSPS) is 11.2. The summed E-state index contributed by atoms with van der Waals surface area (Å²) in [5.41, 5.74) is 1.20. The average Bonchev–Trinajstić information content (AvgIpc) is 3.06. The van der Waals surface area contributed by atoms with E-state index in [4.69, 9.17) is 14.3 Å². The maximum atomic E-state index is 12.1. The van der Waals surface area contributed by atoms with Gasteiger partial charge in [0.2, 0.25) is 0 Å². The number of ketones is 1. The molecule has 1 aromatic carbocycles. The first-order chi connectivity index (χ1) is 10.5. The first kappa shape index (κ1) is 14.5. The van der Waals surface area contributed by atoms with Crippen LogP contribution in [0.2, 0.25) is 0 Å². The highest BCUT2D eigenvalue weighted by molar-refractivity contribution is 7.21. The molecule has 1 N–H and O–H groups in total. The highest BCUT2D eigenvalue weighted by Gasteiger charge is 2.18. The molecule has 2 aromatic heterocycles. The largest absolute Gasteiger partial charge is 0.493 e. The van der Waals surface area contributed by atoms with Gasteiger partial charge in [-0.15, -0.1) is 11.3 Å². The van der Waals surface area contributed by atoms with E-state index in [0.29, 0.717) is 27.6 Å². The lowest BCUT2D eigenvalue weighted by Gasteiger charge is -1.99. The van der Waals surface area contributed by atoms with Crippen LogP contribution in [0.4, 0.5) is 0 Å². The molecular weight excluding hydrogens is 306 g/mol. The molecule has 3 aromatic rings. The first-order valence-electron chi connectivity index (χ1n) is 6.62. The van der Waals surface area contributed by atoms with Crippen LogP contribution in [-0.2, 0) is 4.79 Å². The number of thiophene rings is 1. The Morgan fingerprint density at radius 3 is 2.82 bits per heavy atom. The smallest absolute Gasteiger partial charge is 0.303 e. The fraction of sp³-hybridized carbons (Fsp3) is 0.267. The summed E-state index contributed by atoms with van der Waals surface area (Å²) in [7, 11) is 1.55. The molecule has 0 saturated heterocycles. The number of hydrogen-bond donors (Lipinski definition) is 1. The van der Waals surface area contributed by atoms with Crippen LogP contribution >= 0.6 is 11.3 Å². The predicted molar refractivity (Wildman–Crippen MR) is 81.9 cm³/mol. The standard InChI is InChI=1S/C15H13NO5S/c1-7-16-14-8-5-12(9(17)3-4-13(18)19)22-11(8)6-10(20-2)15(14)21-7/h5-6H,3-4H2,1-2H3,(H,18,19). The Morgan fingerprint density at radius 1 is 1.36 bits per heavy atom. The summed E-state index contributed by atoms with van der Waals surface area (Å²) in [4.78, 5) is 27.5. The van der Waals surface area contributed by atoms with Crippen molar-refractivity contribution in [1.82, 2.24) is 4.98 Å². The number of aliphatic carboxylic acids is 1. The van der Waals surface area contributed by atoms with Crippen molar-refractivity contribution in [2.24, 2.45) is 0 Å². The lowest BCUT2D eigenvalue weighted by atomic mass is 10.1. The maximum absolute atomic E-state index is 12.1. The van der Waals surface area contributed by atoms with Gasteiger partial charge >= 0.3 is 5.97 Å². The molecule has 22 heavy (non-hydrogen) atoms. The van der Waals surface area contributed by atoms with E-state index in [2.05, 4.69) is 4.98 Å². The SMILES string of the molecule is COc1cc2sc(C(=O)CCC(=O)O)cc2c2nc(C)oc12. The number of carbonyl (C=O) groups is 2. The molecule has 3 rings (SSSR count). The van der Waals surface area contributed by atoms with Crippen LogP contribution < -0.4 is 4.74 Å². The number of Topliss-reactive ketones (excluding diaryl/α,β-unsaturated/α-hetero) is 1. The van der Waals surface area contributed by atoms with Crippen LogP contribution in [0.5, 0.6) is 5.75 Å². The molecule has 0 atom stereocenters. The Hall–Kier alpha value is -2.41. The molecule has 0 unspecified atom stereocenters. The van der Waals surface area contributed by atoms with Crippen molar-refractivity contribution < 1.29 is 23.8 Å². The fourth-order valence-electron chi connectivity index (χ4n) is 2.29. The second-order valence-corrected chi connectivity index (χ2v) is 5.91. The third kappa shape index (κ3) is 2.43. The number of nitrogens with zero attached hydrogens (tertiary/aromatic N) is 1. The lowest BCUT2D eigenvalue weighted by molar-refractivity contribution is -0.136. The number of carboxylic acid groups (broad SMARTS) is 1.